The fourth-order valence-electron chi connectivity index (χ4n) is 3.58. The Morgan fingerprint density at radius 3 is 2.18 bits per heavy atom. The molecule has 2 aromatic rings. The summed E-state index contributed by atoms with van der Waals surface area (Å²) in [5.74, 6) is 0.174. The number of halogens is 2. The quantitative estimate of drug-likeness (QED) is 0.438. The van der Waals surface area contributed by atoms with Gasteiger partial charge in [-0.2, -0.15) is 0 Å². The summed E-state index contributed by atoms with van der Waals surface area (Å²) in [7, 11) is -3.31. The van der Waals surface area contributed by atoms with Gasteiger partial charge in [0.1, 0.15) is 0 Å². The Morgan fingerprint density at radius 2 is 1.67 bits per heavy atom. The van der Waals surface area contributed by atoms with Crippen molar-refractivity contribution in [1.82, 2.24) is 9.88 Å². The maximum absolute atomic E-state index is 12.8. The molecule has 3 rings (SSSR count). The van der Waals surface area contributed by atoms with Crippen LogP contribution in [-0.2, 0) is 16.4 Å². The number of alkyl halides is 1. The molecule has 0 amide bonds. The normalized spacial score (nSPS) is 13.8. The second-order valence-electron chi connectivity index (χ2n) is 7.45. The highest BCUT2D eigenvalue weighted by Crippen LogP contribution is 2.23. The topological polar surface area (TPSA) is 142 Å². The summed E-state index contributed by atoms with van der Waals surface area (Å²) in [6, 6.07) is 12.8. The molecule has 0 saturated carbocycles. The van der Waals surface area contributed by atoms with E-state index in [-0.39, 0.29) is 35.1 Å². The number of carbonyl (C=O) groups excluding carboxylic acids is 1. The van der Waals surface area contributed by atoms with Crippen LogP contribution >= 0.6 is 24.0 Å². The van der Waals surface area contributed by atoms with Gasteiger partial charge >= 0.3 is 0 Å². The molecule has 0 unspecified atom stereocenters. The number of nitrogens with zero attached hydrogens (tertiary/aromatic N) is 2. The molecular formula is C22H35Cl2N3O5S. The van der Waals surface area contributed by atoms with Crippen LogP contribution in [0.25, 0.3) is 0 Å². The number of aryl methyl sites for hydroxylation is 1. The minimum Gasteiger partial charge on any atom is -0.412 e. The summed E-state index contributed by atoms with van der Waals surface area (Å²) in [5, 5.41) is 0. The lowest BCUT2D eigenvalue weighted by Gasteiger charge is -2.31. The maximum Gasteiger partial charge on any atom is 0.229 e. The molecule has 0 radical (unpaired) electrons. The standard InChI is InChI=1S/C21H27N3O3S.CH3Cl.ClH.2H2O/c1-16-4-3-5-19(22-16)12-15-24-13-10-18(11-14-24)21(25)17-6-8-20(9-7-17)23-28(2,26)27;1-2;;;/h3-9,18,23H,10-15H2,1-2H3;1H3;1H;2*1H2. The molecule has 0 atom stereocenters. The van der Waals surface area contributed by atoms with Crippen molar-refractivity contribution in [2.45, 2.75) is 26.2 Å². The fourth-order valence-corrected chi connectivity index (χ4v) is 4.15. The number of Topliss-reactive ketones (excluding diaryl/α,β-unsaturated/α-hetero) is 1. The van der Waals surface area contributed by atoms with E-state index < -0.39 is 10.0 Å². The number of sulfonamides is 1. The Hall–Kier alpha value is -1.75. The van der Waals surface area contributed by atoms with E-state index in [0.717, 1.165) is 56.5 Å². The minimum absolute atomic E-state index is 0. The molecule has 2 heterocycles. The van der Waals surface area contributed by atoms with Crippen LogP contribution in [-0.4, -0.2) is 67.3 Å². The van der Waals surface area contributed by atoms with Gasteiger partial charge in [-0.05, 0) is 69.3 Å². The predicted molar refractivity (Wildman–Crippen MR) is 137 cm³/mol. The van der Waals surface area contributed by atoms with Gasteiger partial charge in [0, 0.05) is 47.9 Å². The lowest BCUT2D eigenvalue weighted by atomic mass is 9.89. The maximum atomic E-state index is 12.8. The first-order chi connectivity index (χ1) is 14.3. The van der Waals surface area contributed by atoms with Gasteiger partial charge in [0.15, 0.2) is 5.78 Å². The molecule has 11 heteroatoms. The van der Waals surface area contributed by atoms with Gasteiger partial charge in [0.05, 0.1) is 6.26 Å². The number of aromatic nitrogens is 1. The third-order valence-corrected chi connectivity index (χ3v) is 5.67. The molecular weight excluding hydrogens is 489 g/mol. The van der Waals surface area contributed by atoms with Crippen molar-refractivity contribution < 1.29 is 24.2 Å². The van der Waals surface area contributed by atoms with Crippen LogP contribution in [0, 0.1) is 12.8 Å². The van der Waals surface area contributed by atoms with Gasteiger partial charge < -0.3 is 15.9 Å². The second kappa shape index (κ2) is 16.0. The highest BCUT2D eigenvalue weighted by molar-refractivity contribution is 7.92. The molecule has 8 nitrogen and oxygen atoms in total. The average Bonchev–Trinajstić information content (AvgIpc) is 2.73. The van der Waals surface area contributed by atoms with Crippen molar-refractivity contribution in [3.63, 3.8) is 0 Å². The average molecular weight is 525 g/mol. The Bertz CT molecular complexity index is 935. The van der Waals surface area contributed by atoms with Crippen molar-refractivity contribution >= 4 is 45.5 Å². The second-order valence-corrected chi connectivity index (χ2v) is 9.20. The SMILES string of the molecule is CCl.Cc1cccc(CCN2CCC(C(=O)c3ccc(NS(C)(=O)=O)cc3)CC2)n1.Cl.O.O. The van der Waals surface area contributed by atoms with E-state index in [2.05, 4.69) is 32.3 Å². The Kier molecular flexibility index (Phi) is 16.2. The minimum atomic E-state index is -3.31. The number of hydrogen-bond acceptors (Lipinski definition) is 5. The molecule has 188 valence electrons. The van der Waals surface area contributed by atoms with Crippen molar-refractivity contribution in [2.75, 3.05) is 37.0 Å². The summed E-state index contributed by atoms with van der Waals surface area (Å²) in [5.41, 5.74) is 3.26. The number of benzene rings is 1. The first-order valence-electron chi connectivity index (χ1n) is 9.95. The van der Waals surface area contributed by atoms with Crippen molar-refractivity contribution in [2.24, 2.45) is 5.92 Å². The van der Waals surface area contributed by atoms with E-state index in [9.17, 15) is 13.2 Å². The lowest BCUT2D eigenvalue weighted by molar-refractivity contribution is 0.0841. The number of likely N-dealkylation sites (tertiary alicyclic amines) is 1. The number of nitrogens with one attached hydrogen (secondary N) is 1. The number of rotatable bonds is 7. The molecule has 1 saturated heterocycles. The van der Waals surface area contributed by atoms with Crippen LogP contribution in [0.3, 0.4) is 0 Å². The molecule has 33 heavy (non-hydrogen) atoms. The lowest BCUT2D eigenvalue weighted by Crippen LogP contribution is -2.37. The number of pyridine rings is 1. The summed E-state index contributed by atoms with van der Waals surface area (Å²) in [4.78, 5) is 19.7. The number of hydrogen-bond donors (Lipinski definition) is 1. The fraction of sp³-hybridized carbons (Fsp3) is 0.455. The van der Waals surface area contributed by atoms with Gasteiger partial charge in [-0.15, -0.1) is 24.0 Å². The third kappa shape index (κ3) is 11.3. The number of piperidine rings is 1. The van der Waals surface area contributed by atoms with Gasteiger partial charge in [-0.1, -0.05) is 6.07 Å². The molecule has 0 bridgehead atoms. The summed E-state index contributed by atoms with van der Waals surface area (Å²) < 4.78 is 25.0. The highest BCUT2D eigenvalue weighted by Gasteiger charge is 2.25. The summed E-state index contributed by atoms with van der Waals surface area (Å²) in [6.45, 7) is 4.79. The van der Waals surface area contributed by atoms with Crippen LogP contribution in [0.1, 0.15) is 34.6 Å². The predicted octanol–water partition coefficient (Wildman–Crippen LogP) is 2.53. The zero-order chi connectivity index (χ0) is 22.1. The highest BCUT2D eigenvalue weighted by atomic mass is 35.5. The van der Waals surface area contributed by atoms with Crippen LogP contribution in [0.15, 0.2) is 42.5 Å². The molecule has 1 aliphatic heterocycles. The van der Waals surface area contributed by atoms with E-state index in [1.54, 1.807) is 24.3 Å². The van der Waals surface area contributed by atoms with Crippen LogP contribution in [0.2, 0.25) is 0 Å². The van der Waals surface area contributed by atoms with Crippen molar-refractivity contribution in [3.05, 3.63) is 59.4 Å². The molecule has 1 aliphatic rings. The van der Waals surface area contributed by atoms with Gasteiger partial charge in [0.2, 0.25) is 10.0 Å². The van der Waals surface area contributed by atoms with E-state index in [1.807, 2.05) is 19.1 Å². The van der Waals surface area contributed by atoms with Crippen LogP contribution in [0.4, 0.5) is 5.69 Å². The Labute approximate surface area is 207 Å². The summed E-state index contributed by atoms with van der Waals surface area (Å²) in [6.07, 6.45) is 5.21. The zero-order valence-electron chi connectivity index (χ0n) is 19.2. The van der Waals surface area contributed by atoms with Crippen molar-refractivity contribution in [3.8, 4) is 0 Å². The first-order valence-corrected chi connectivity index (χ1v) is 12.6. The van der Waals surface area contributed by atoms with E-state index >= 15 is 0 Å². The molecule has 5 N–H and O–H groups in total. The Morgan fingerprint density at radius 1 is 1.09 bits per heavy atom. The number of anilines is 1. The number of carbonyl (C=O) groups is 1. The molecule has 1 aromatic heterocycles. The van der Waals surface area contributed by atoms with E-state index in [4.69, 9.17) is 0 Å². The molecule has 0 spiro atoms. The monoisotopic (exact) mass is 523 g/mol. The van der Waals surface area contributed by atoms with Gasteiger partial charge in [0.25, 0.3) is 0 Å². The molecule has 1 fully saturated rings. The first kappa shape index (κ1) is 33.4. The van der Waals surface area contributed by atoms with Crippen LogP contribution < -0.4 is 4.72 Å². The molecule has 1 aromatic carbocycles. The van der Waals surface area contributed by atoms with E-state index in [1.165, 1.54) is 6.38 Å². The smallest absolute Gasteiger partial charge is 0.229 e. The largest absolute Gasteiger partial charge is 0.412 e. The molecule has 0 aliphatic carbocycles. The Balaban J connectivity index is 0. The zero-order valence-corrected chi connectivity index (χ0v) is 21.6. The van der Waals surface area contributed by atoms with Gasteiger partial charge in [-0.25, -0.2) is 8.42 Å². The third-order valence-electron chi connectivity index (χ3n) is 5.06. The van der Waals surface area contributed by atoms with Gasteiger partial charge in [-0.3, -0.25) is 14.5 Å². The van der Waals surface area contributed by atoms with Crippen LogP contribution in [0.5, 0.6) is 0 Å². The number of ketones is 1. The summed E-state index contributed by atoms with van der Waals surface area (Å²) >= 11 is 4.64. The van der Waals surface area contributed by atoms with Crippen molar-refractivity contribution in [1.29, 1.82) is 0 Å². The van der Waals surface area contributed by atoms with E-state index in [0.29, 0.717) is 11.3 Å².